The summed E-state index contributed by atoms with van der Waals surface area (Å²) in [5.74, 6) is -1.17. The molecule has 0 aromatic heterocycles. The number of rotatable bonds is 4. The number of alkyl halides is 3. The fourth-order valence-electron chi connectivity index (χ4n) is 4.52. The number of amides is 2. The fourth-order valence-corrected chi connectivity index (χ4v) is 4.52. The SMILES string of the molecule is CC(=O)N1CC=C(C2=CN3C[C@@H](C)N=C3C(C(=O)N[C@H](C)c3cc(C(F)(F)F)cc(N)c3F)=C2)CC1. The molecule has 3 N–H and O–H groups in total. The van der Waals surface area contributed by atoms with E-state index < -0.39 is 35.2 Å². The molecule has 0 unspecified atom stereocenters. The number of halogens is 4. The van der Waals surface area contributed by atoms with E-state index in [4.69, 9.17) is 5.73 Å². The van der Waals surface area contributed by atoms with E-state index in [2.05, 4.69) is 10.3 Å². The van der Waals surface area contributed by atoms with Crippen LogP contribution in [0.3, 0.4) is 0 Å². The Bertz CT molecular complexity index is 1230. The van der Waals surface area contributed by atoms with E-state index in [0.717, 1.165) is 11.1 Å². The molecule has 3 aliphatic heterocycles. The first-order chi connectivity index (χ1) is 16.8. The maximum atomic E-state index is 14.6. The summed E-state index contributed by atoms with van der Waals surface area (Å²) >= 11 is 0. The summed E-state index contributed by atoms with van der Waals surface area (Å²) < 4.78 is 54.4. The highest BCUT2D eigenvalue weighted by atomic mass is 19.4. The highest BCUT2D eigenvalue weighted by Gasteiger charge is 2.35. The molecule has 1 aromatic rings. The Hall–Kier alpha value is -3.63. The molecule has 36 heavy (non-hydrogen) atoms. The van der Waals surface area contributed by atoms with Gasteiger partial charge in [-0.1, -0.05) is 6.08 Å². The second-order valence-electron chi connectivity index (χ2n) is 9.20. The molecular weight excluding hydrogens is 478 g/mol. The number of fused-ring (bicyclic) bond motifs is 1. The van der Waals surface area contributed by atoms with Crippen molar-refractivity contribution in [2.24, 2.45) is 4.99 Å². The largest absolute Gasteiger partial charge is 0.416 e. The fraction of sp³-hybridized carbons (Fsp3) is 0.400. The van der Waals surface area contributed by atoms with Gasteiger partial charge in [-0.25, -0.2) is 4.39 Å². The van der Waals surface area contributed by atoms with Crippen LogP contribution in [0, 0.1) is 5.82 Å². The number of amidine groups is 1. The van der Waals surface area contributed by atoms with Gasteiger partial charge in [0.25, 0.3) is 5.91 Å². The summed E-state index contributed by atoms with van der Waals surface area (Å²) in [7, 11) is 0. The average Bonchev–Trinajstić information content (AvgIpc) is 3.19. The van der Waals surface area contributed by atoms with Gasteiger partial charge in [-0.2, -0.15) is 13.2 Å². The van der Waals surface area contributed by atoms with Gasteiger partial charge in [0, 0.05) is 38.3 Å². The summed E-state index contributed by atoms with van der Waals surface area (Å²) in [4.78, 5) is 33.1. The molecule has 0 spiro atoms. The lowest BCUT2D eigenvalue weighted by Gasteiger charge is -2.29. The number of nitrogens with one attached hydrogen (secondary N) is 1. The minimum absolute atomic E-state index is 0.0160. The number of allylic oxidation sites excluding steroid dienone is 2. The van der Waals surface area contributed by atoms with Crippen molar-refractivity contribution in [3.63, 3.8) is 0 Å². The number of nitrogens with two attached hydrogens (primary N) is 1. The maximum Gasteiger partial charge on any atom is 0.416 e. The minimum Gasteiger partial charge on any atom is -0.396 e. The number of carbonyl (C=O) groups excluding carboxylic acids is 2. The summed E-state index contributed by atoms with van der Waals surface area (Å²) in [6, 6.07) is 0.0275. The molecule has 0 saturated carbocycles. The third-order valence-electron chi connectivity index (χ3n) is 6.45. The number of anilines is 1. The predicted molar refractivity (Wildman–Crippen MR) is 127 cm³/mol. The average molecular weight is 506 g/mol. The number of benzene rings is 1. The Morgan fingerprint density at radius 3 is 2.61 bits per heavy atom. The third kappa shape index (κ3) is 5.00. The highest BCUT2D eigenvalue weighted by Crippen LogP contribution is 2.35. The van der Waals surface area contributed by atoms with E-state index in [0.29, 0.717) is 44.0 Å². The molecule has 192 valence electrons. The number of hydrogen-bond donors (Lipinski definition) is 2. The zero-order chi connectivity index (χ0) is 26.4. The van der Waals surface area contributed by atoms with Crippen molar-refractivity contribution in [1.29, 1.82) is 0 Å². The third-order valence-corrected chi connectivity index (χ3v) is 6.45. The molecule has 11 heteroatoms. The first-order valence-electron chi connectivity index (χ1n) is 11.6. The first kappa shape index (κ1) is 25.5. The van der Waals surface area contributed by atoms with Crippen molar-refractivity contribution in [1.82, 2.24) is 15.1 Å². The van der Waals surface area contributed by atoms with Crippen molar-refractivity contribution in [3.05, 3.63) is 64.1 Å². The Balaban J connectivity index is 1.62. The zero-order valence-corrected chi connectivity index (χ0v) is 20.1. The predicted octanol–water partition coefficient (Wildman–Crippen LogP) is 3.71. The number of nitrogen functional groups attached to an aromatic ring is 1. The van der Waals surface area contributed by atoms with Crippen LogP contribution < -0.4 is 11.1 Å². The molecule has 0 bridgehead atoms. The standard InChI is InChI=1S/C25H27F4N5O2/c1-13-11-34-12-17(16-4-6-33(7-5-16)15(3)35)8-20(23(34)31-13)24(36)32-14(2)19-9-18(25(27,28)29)10-21(30)22(19)26/h4,8-10,12-14H,5-7,11,30H2,1-3H3,(H,32,36)/t13-,14-/m1/s1. The quantitative estimate of drug-likeness (QED) is 0.482. The summed E-state index contributed by atoms with van der Waals surface area (Å²) in [5, 5.41) is 2.61. The van der Waals surface area contributed by atoms with E-state index in [1.165, 1.54) is 13.8 Å². The number of nitrogens with zero attached hydrogens (tertiary/aromatic N) is 3. The zero-order valence-electron chi connectivity index (χ0n) is 20.1. The van der Waals surface area contributed by atoms with Gasteiger partial charge < -0.3 is 20.9 Å². The Kier molecular flexibility index (Phi) is 6.68. The van der Waals surface area contributed by atoms with Gasteiger partial charge in [0.05, 0.1) is 28.9 Å². The second kappa shape index (κ2) is 9.44. The van der Waals surface area contributed by atoms with Crippen LogP contribution in [0.15, 0.2) is 52.2 Å². The normalized spacial score (nSPS) is 20.7. The lowest BCUT2D eigenvalue weighted by molar-refractivity contribution is -0.137. The van der Waals surface area contributed by atoms with Crippen LogP contribution in [0.5, 0.6) is 0 Å². The smallest absolute Gasteiger partial charge is 0.396 e. The summed E-state index contributed by atoms with van der Waals surface area (Å²) in [5.41, 5.74) is 5.38. The van der Waals surface area contributed by atoms with Gasteiger partial charge in [-0.15, -0.1) is 0 Å². The van der Waals surface area contributed by atoms with Gasteiger partial charge in [-0.05, 0) is 49.6 Å². The van der Waals surface area contributed by atoms with Crippen LogP contribution in [0.4, 0.5) is 23.2 Å². The molecule has 4 rings (SSSR count). The van der Waals surface area contributed by atoms with Gasteiger partial charge in [-0.3, -0.25) is 14.6 Å². The molecule has 2 atom stereocenters. The van der Waals surface area contributed by atoms with Crippen LogP contribution >= 0.6 is 0 Å². The first-order valence-corrected chi connectivity index (χ1v) is 11.6. The number of carbonyl (C=O) groups is 2. The summed E-state index contributed by atoms with van der Waals surface area (Å²) in [6.45, 7) is 6.39. The number of aliphatic imine (C=N–C) groups is 1. The van der Waals surface area contributed by atoms with Gasteiger partial charge in [0.15, 0.2) is 5.82 Å². The van der Waals surface area contributed by atoms with Crippen LogP contribution in [0.25, 0.3) is 0 Å². The molecule has 1 aromatic carbocycles. The lowest BCUT2D eigenvalue weighted by atomic mass is 9.94. The molecule has 3 heterocycles. The highest BCUT2D eigenvalue weighted by molar-refractivity contribution is 6.22. The molecule has 3 aliphatic rings. The van der Waals surface area contributed by atoms with Crippen LogP contribution in [-0.4, -0.2) is 53.1 Å². The van der Waals surface area contributed by atoms with E-state index in [1.54, 1.807) is 11.0 Å². The summed E-state index contributed by atoms with van der Waals surface area (Å²) in [6.07, 6.45) is 1.42. The van der Waals surface area contributed by atoms with Crippen molar-refractivity contribution in [2.45, 2.75) is 45.5 Å². The Morgan fingerprint density at radius 1 is 1.28 bits per heavy atom. The molecule has 2 amide bonds. The Morgan fingerprint density at radius 2 is 2.00 bits per heavy atom. The van der Waals surface area contributed by atoms with Gasteiger partial charge in [0.1, 0.15) is 5.84 Å². The van der Waals surface area contributed by atoms with Gasteiger partial charge in [0.2, 0.25) is 5.91 Å². The van der Waals surface area contributed by atoms with Crippen molar-refractivity contribution in [3.8, 4) is 0 Å². The molecule has 0 radical (unpaired) electrons. The van der Waals surface area contributed by atoms with Gasteiger partial charge >= 0.3 is 6.18 Å². The van der Waals surface area contributed by atoms with E-state index in [1.807, 2.05) is 24.1 Å². The molecule has 0 aliphatic carbocycles. The van der Waals surface area contributed by atoms with E-state index >= 15 is 0 Å². The second-order valence-corrected chi connectivity index (χ2v) is 9.20. The monoisotopic (exact) mass is 505 g/mol. The minimum atomic E-state index is -4.72. The maximum absolute atomic E-state index is 14.6. The molecule has 0 fully saturated rings. The van der Waals surface area contributed by atoms with Crippen LogP contribution in [-0.2, 0) is 15.8 Å². The van der Waals surface area contributed by atoms with Crippen LogP contribution in [0.2, 0.25) is 0 Å². The number of hydrogen-bond acceptors (Lipinski definition) is 5. The van der Waals surface area contributed by atoms with Crippen molar-refractivity contribution >= 4 is 23.3 Å². The molecule has 7 nitrogen and oxygen atoms in total. The van der Waals surface area contributed by atoms with Crippen LogP contribution in [0.1, 0.15) is 44.4 Å². The Labute approximate surface area is 206 Å². The molecular formula is C25H27F4N5O2. The van der Waals surface area contributed by atoms with Crippen molar-refractivity contribution < 1.29 is 27.2 Å². The molecule has 0 saturated heterocycles. The van der Waals surface area contributed by atoms with E-state index in [9.17, 15) is 27.2 Å². The van der Waals surface area contributed by atoms with Crippen molar-refractivity contribution in [2.75, 3.05) is 25.4 Å². The lowest BCUT2D eigenvalue weighted by Crippen LogP contribution is -2.38. The van der Waals surface area contributed by atoms with E-state index in [-0.39, 0.29) is 23.1 Å². The topological polar surface area (TPSA) is 91.0 Å².